The van der Waals surface area contributed by atoms with E-state index in [1.807, 2.05) is 0 Å². The zero-order valence-electron chi connectivity index (χ0n) is 12.3. The van der Waals surface area contributed by atoms with Crippen molar-refractivity contribution in [1.82, 2.24) is 5.32 Å². The summed E-state index contributed by atoms with van der Waals surface area (Å²) in [5.41, 5.74) is 0. The molecule has 0 spiro atoms. The Balaban J connectivity index is 2.07. The number of nitrogens with one attached hydrogen (secondary N) is 1. The van der Waals surface area contributed by atoms with Gasteiger partial charge in [0.05, 0.1) is 25.9 Å². The summed E-state index contributed by atoms with van der Waals surface area (Å²) < 4.78 is 47.6. The Labute approximate surface area is 136 Å². The van der Waals surface area contributed by atoms with Gasteiger partial charge in [-0.3, -0.25) is 4.79 Å². The first-order valence-electron chi connectivity index (χ1n) is 7.31. The molecule has 0 heterocycles. The zero-order valence-corrected chi connectivity index (χ0v) is 13.8. The molecule has 0 saturated heterocycles. The minimum Gasteiger partial charge on any atom is -0.377 e. The van der Waals surface area contributed by atoms with Gasteiger partial charge in [-0.05, 0) is 19.3 Å². The topological polar surface area (TPSA) is 47.6 Å². The van der Waals surface area contributed by atoms with Gasteiger partial charge in [0.15, 0.2) is 0 Å². The number of rotatable bonds is 7. The number of allylic oxidation sites excluding steroid dienone is 1. The number of hydrogen-bond acceptors (Lipinski definition) is 3. The molecule has 0 aromatic heterocycles. The molecule has 0 aromatic rings. The normalized spacial score (nSPS) is 22.4. The van der Waals surface area contributed by atoms with E-state index in [0.29, 0.717) is 6.61 Å². The van der Waals surface area contributed by atoms with Gasteiger partial charge in [-0.1, -0.05) is 34.8 Å². The third kappa shape index (κ3) is 8.14. The molecule has 0 aromatic carbocycles. The van der Waals surface area contributed by atoms with Crippen LogP contribution in [0.25, 0.3) is 0 Å². The van der Waals surface area contributed by atoms with Crippen molar-refractivity contribution in [3.63, 3.8) is 0 Å². The first-order valence-corrected chi connectivity index (χ1v) is 8.10. The Morgan fingerprint density at radius 2 is 2.05 bits per heavy atom. The van der Waals surface area contributed by atoms with E-state index in [-0.39, 0.29) is 25.9 Å². The van der Waals surface area contributed by atoms with Gasteiger partial charge >= 0.3 is 12.1 Å². The fraction of sp³-hybridized carbons (Fsp3) is 0.786. The number of hydrogen-bond donors (Lipinski definition) is 1. The molecule has 128 valence electrons. The van der Waals surface area contributed by atoms with Crippen molar-refractivity contribution < 1.29 is 27.4 Å². The molecule has 8 heteroatoms. The summed E-state index contributed by atoms with van der Waals surface area (Å²) in [4.78, 5) is 10.5. The second-order valence-electron chi connectivity index (χ2n) is 4.95. The largest absolute Gasteiger partial charge is 0.471 e. The molecule has 1 atom stereocenters. The molecule has 1 amide bonds. The van der Waals surface area contributed by atoms with Crippen molar-refractivity contribution in [2.75, 3.05) is 26.4 Å². The summed E-state index contributed by atoms with van der Waals surface area (Å²) in [6, 6.07) is 0. The van der Waals surface area contributed by atoms with Crippen molar-refractivity contribution in [1.29, 1.82) is 0 Å². The lowest BCUT2D eigenvalue weighted by Crippen LogP contribution is -2.38. The van der Waals surface area contributed by atoms with Crippen LogP contribution in [0.2, 0.25) is 0 Å². The number of halogens is 4. The van der Waals surface area contributed by atoms with E-state index < -0.39 is 12.1 Å². The highest BCUT2D eigenvalue weighted by atomic mass is 79.9. The Kier molecular flexibility index (Phi) is 9.04. The molecule has 0 saturated carbocycles. The maximum atomic E-state index is 11.9. The summed E-state index contributed by atoms with van der Waals surface area (Å²) in [6.07, 6.45) is 2.76. The lowest BCUT2D eigenvalue weighted by atomic mass is 10.0. The van der Waals surface area contributed by atoms with Gasteiger partial charge in [-0.25, -0.2) is 0 Å². The van der Waals surface area contributed by atoms with Crippen LogP contribution in [-0.4, -0.2) is 44.6 Å². The van der Waals surface area contributed by atoms with Crippen molar-refractivity contribution in [3.05, 3.63) is 10.6 Å². The second kappa shape index (κ2) is 10.2. The molecule has 0 radical (unpaired) electrons. The van der Waals surface area contributed by atoms with Crippen molar-refractivity contribution in [2.24, 2.45) is 0 Å². The number of ether oxygens (including phenoxy) is 2. The van der Waals surface area contributed by atoms with Gasteiger partial charge in [-0.15, -0.1) is 0 Å². The molecule has 0 aliphatic heterocycles. The number of amides is 1. The van der Waals surface area contributed by atoms with Gasteiger partial charge in [0.2, 0.25) is 0 Å². The molecule has 22 heavy (non-hydrogen) atoms. The highest BCUT2D eigenvalue weighted by Gasteiger charge is 2.38. The van der Waals surface area contributed by atoms with E-state index >= 15 is 0 Å². The third-order valence-electron chi connectivity index (χ3n) is 3.15. The van der Waals surface area contributed by atoms with Crippen molar-refractivity contribution in [2.45, 2.75) is 44.4 Å². The Hall–Kier alpha value is -0.600. The number of carbonyl (C=O) groups excluding carboxylic acids is 1. The van der Waals surface area contributed by atoms with Gasteiger partial charge in [0, 0.05) is 11.0 Å². The molecule has 0 fully saturated rings. The average Bonchev–Trinajstić information content (AvgIpc) is 2.43. The summed E-state index contributed by atoms with van der Waals surface area (Å²) in [6.45, 7) is 0.484. The number of alkyl halides is 3. The first-order chi connectivity index (χ1) is 10.4. The third-order valence-corrected chi connectivity index (χ3v) is 3.99. The van der Waals surface area contributed by atoms with E-state index in [0.717, 1.165) is 23.7 Å². The highest BCUT2D eigenvalue weighted by Crippen LogP contribution is 2.24. The summed E-state index contributed by atoms with van der Waals surface area (Å²) >= 11 is 3.51. The lowest BCUT2D eigenvalue weighted by molar-refractivity contribution is -0.173. The van der Waals surface area contributed by atoms with Gasteiger partial charge in [0.1, 0.15) is 0 Å². The van der Waals surface area contributed by atoms with Crippen LogP contribution in [0.4, 0.5) is 13.2 Å². The maximum Gasteiger partial charge on any atom is 0.471 e. The molecular weight excluding hydrogens is 367 g/mol. The lowest BCUT2D eigenvalue weighted by Gasteiger charge is -2.19. The predicted molar refractivity (Wildman–Crippen MR) is 79.7 cm³/mol. The van der Waals surface area contributed by atoms with Crippen molar-refractivity contribution in [3.8, 4) is 0 Å². The van der Waals surface area contributed by atoms with Crippen LogP contribution in [0.1, 0.15) is 32.1 Å². The average molecular weight is 388 g/mol. The summed E-state index contributed by atoms with van der Waals surface area (Å²) in [7, 11) is 0. The van der Waals surface area contributed by atoms with Crippen LogP contribution in [0.5, 0.6) is 0 Å². The molecule has 1 rings (SSSR count). The van der Waals surface area contributed by atoms with E-state index in [1.54, 1.807) is 5.32 Å². The Bertz CT molecular complexity index is 375. The van der Waals surface area contributed by atoms with Crippen LogP contribution in [0.15, 0.2) is 10.6 Å². The van der Waals surface area contributed by atoms with Crippen molar-refractivity contribution >= 4 is 21.8 Å². The minimum absolute atomic E-state index is 0.0207. The zero-order chi connectivity index (χ0) is 16.4. The molecule has 1 aliphatic rings. The van der Waals surface area contributed by atoms with E-state index in [4.69, 9.17) is 9.47 Å². The molecule has 1 N–H and O–H groups in total. The van der Waals surface area contributed by atoms with Crippen LogP contribution in [0, 0.1) is 0 Å². The van der Waals surface area contributed by atoms with E-state index in [2.05, 4.69) is 22.0 Å². The molecule has 4 nitrogen and oxygen atoms in total. The molecule has 0 bridgehead atoms. The van der Waals surface area contributed by atoms with Crippen LogP contribution >= 0.6 is 15.9 Å². The highest BCUT2D eigenvalue weighted by molar-refractivity contribution is 9.11. The SMILES string of the molecule is O=C(NCCOCCOC1CCCCC/C=C\1Br)C(F)(F)F. The fourth-order valence-electron chi connectivity index (χ4n) is 2.01. The van der Waals surface area contributed by atoms with Crippen LogP contribution < -0.4 is 5.32 Å². The Morgan fingerprint density at radius 3 is 2.77 bits per heavy atom. The van der Waals surface area contributed by atoms with Crippen LogP contribution in [-0.2, 0) is 14.3 Å². The van der Waals surface area contributed by atoms with E-state index in [9.17, 15) is 18.0 Å². The summed E-state index contributed by atoms with van der Waals surface area (Å²) in [5.74, 6) is -1.95. The molecular formula is C14H21BrF3NO3. The Morgan fingerprint density at radius 1 is 1.27 bits per heavy atom. The number of carbonyl (C=O) groups is 1. The smallest absolute Gasteiger partial charge is 0.377 e. The predicted octanol–water partition coefficient (Wildman–Crippen LogP) is 3.31. The standard InChI is InChI=1S/C14H21BrF3NO3/c15-11-5-3-1-2-4-6-12(11)22-10-9-21-8-7-19-13(20)14(16,17)18/h5,12H,1-4,6-10H2,(H,19,20)/b11-5+. The minimum atomic E-state index is -4.85. The molecule has 1 aliphatic carbocycles. The van der Waals surface area contributed by atoms with Gasteiger partial charge in [0.25, 0.3) is 0 Å². The second-order valence-corrected chi connectivity index (χ2v) is 5.87. The fourth-order valence-corrected chi connectivity index (χ4v) is 2.60. The quantitative estimate of drug-likeness (QED) is 0.681. The molecule has 1 unspecified atom stereocenters. The van der Waals surface area contributed by atoms with E-state index in [1.165, 1.54) is 12.8 Å². The first kappa shape index (κ1) is 19.4. The monoisotopic (exact) mass is 387 g/mol. The van der Waals surface area contributed by atoms with Gasteiger partial charge in [-0.2, -0.15) is 13.2 Å². The summed E-state index contributed by atoms with van der Waals surface area (Å²) in [5, 5.41) is 1.74. The maximum absolute atomic E-state index is 11.9. The van der Waals surface area contributed by atoms with Crippen LogP contribution in [0.3, 0.4) is 0 Å². The van der Waals surface area contributed by atoms with Gasteiger partial charge < -0.3 is 14.8 Å².